The summed E-state index contributed by atoms with van der Waals surface area (Å²) >= 11 is 0. The Balaban J connectivity index is 2.18. The van der Waals surface area contributed by atoms with E-state index in [1.807, 2.05) is 0 Å². The zero-order valence-electron chi connectivity index (χ0n) is 11.2. The molecule has 1 aromatic rings. The first kappa shape index (κ1) is 14.3. The van der Waals surface area contributed by atoms with Gasteiger partial charge in [-0.05, 0) is 12.5 Å². The van der Waals surface area contributed by atoms with Gasteiger partial charge in [0.15, 0.2) is 0 Å². The summed E-state index contributed by atoms with van der Waals surface area (Å²) in [5.41, 5.74) is 5.62. The van der Waals surface area contributed by atoms with Crippen molar-refractivity contribution in [1.29, 1.82) is 0 Å². The van der Waals surface area contributed by atoms with Crippen molar-refractivity contribution in [3.05, 3.63) is 33.9 Å². The second kappa shape index (κ2) is 5.87. The Morgan fingerprint density at radius 2 is 2.35 bits per heavy atom. The smallest absolute Gasteiger partial charge is 0.292 e. The quantitative estimate of drug-likeness (QED) is 0.508. The third-order valence-electron chi connectivity index (χ3n) is 3.49. The third-order valence-corrected chi connectivity index (χ3v) is 3.49. The van der Waals surface area contributed by atoms with Crippen LogP contribution in [-0.2, 0) is 4.74 Å². The maximum Gasteiger partial charge on any atom is 0.292 e. The lowest BCUT2D eigenvalue weighted by Crippen LogP contribution is -2.30. The number of carbonyl (C=O) groups excluding carboxylic acids is 1. The van der Waals surface area contributed by atoms with Crippen LogP contribution in [-0.4, -0.2) is 42.5 Å². The average molecular weight is 279 g/mol. The highest BCUT2D eigenvalue weighted by Crippen LogP contribution is 2.27. The minimum Gasteiger partial charge on any atom is -0.393 e. The summed E-state index contributed by atoms with van der Waals surface area (Å²) in [6.45, 7) is 1.82. The Bertz CT molecular complexity index is 532. The molecular weight excluding hydrogens is 262 g/mol. The second-order valence-corrected chi connectivity index (χ2v) is 4.86. The third kappa shape index (κ3) is 2.72. The van der Waals surface area contributed by atoms with E-state index < -0.39 is 4.92 Å². The van der Waals surface area contributed by atoms with Crippen LogP contribution in [0.5, 0.6) is 0 Å². The van der Waals surface area contributed by atoms with Crippen molar-refractivity contribution in [3.63, 3.8) is 0 Å². The number of hydrogen-bond acceptors (Lipinski definition) is 5. The number of nitrogens with two attached hydrogens (primary N) is 1. The molecule has 0 spiro atoms. The largest absolute Gasteiger partial charge is 0.393 e. The SMILES string of the molecule is COCC1CCN(C(=O)c2cccc([N+](=O)[O-])c2N)C1. The molecule has 0 aromatic heterocycles. The minimum atomic E-state index is -0.580. The topological polar surface area (TPSA) is 98.7 Å². The Morgan fingerprint density at radius 1 is 1.60 bits per heavy atom. The summed E-state index contributed by atoms with van der Waals surface area (Å²) in [5.74, 6) is 0.0497. The molecule has 0 saturated carbocycles. The number of ether oxygens (including phenoxy) is 1. The van der Waals surface area contributed by atoms with Gasteiger partial charge in [0.2, 0.25) is 0 Å². The summed E-state index contributed by atoms with van der Waals surface area (Å²) in [7, 11) is 1.63. The monoisotopic (exact) mass is 279 g/mol. The van der Waals surface area contributed by atoms with Crippen LogP contribution in [0.2, 0.25) is 0 Å². The number of methoxy groups -OCH3 is 1. The van der Waals surface area contributed by atoms with Crippen molar-refractivity contribution in [2.75, 3.05) is 32.5 Å². The molecule has 1 aromatic carbocycles. The molecule has 108 valence electrons. The van der Waals surface area contributed by atoms with Crippen LogP contribution < -0.4 is 5.73 Å². The van der Waals surface area contributed by atoms with Gasteiger partial charge in [-0.2, -0.15) is 0 Å². The van der Waals surface area contributed by atoms with E-state index in [0.29, 0.717) is 25.6 Å². The number of carbonyl (C=O) groups is 1. The van der Waals surface area contributed by atoms with Gasteiger partial charge in [-0.25, -0.2) is 0 Å². The predicted octanol–water partition coefficient (Wildman–Crippen LogP) is 1.29. The van der Waals surface area contributed by atoms with Crippen LogP contribution in [0, 0.1) is 16.0 Å². The fourth-order valence-electron chi connectivity index (χ4n) is 2.46. The highest BCUT2D eigenvalue weighted by Gasteiger charge is 2.29. The maximum absolute atomic E-state index is 12.4. The first-order valence-corrected chi connectivity index (χ1v) is 6.35. The van der Waals surface area contributed by atoms with Gasteiger partial charge < -0.3 is 15.4 Å². The minimum absolute atomic E-state index is 0.0716. The van der Waals surface area contributed by atoms with E-state index >= 15 is 0 Å². The lowest BCUT2D eigenvalue weighted by molar-refractivity contribution is -0.383. The second-order valence-electron chi connectivity index (χ2n) is 4.86. The molecule has 20 heavy (non-hydrogen) atoms. The summed E-state index contributed by atoms with van der Waals surface area (Å²) < 4.78 is 5.08. The first-order valence-electron chi connectivity index (χ1n) is 6.35. The summed E-state index contributed by atoms with van der Waals surface area (Å²) in [5, 5.41) is 10.8. The number of nitro groups is 1. The van der Waals surface area contributed by atoms with Crippen molar-refractivity contribution in [2.24, 2.45) is 5.92 Å². The van der Waals surface area contributed by atoms with Gasteiger partial charge in [-0.15, -0.1) is 0 Å². The maximum atomic E-state index is 12.4. The molecule has 2 rings (SSSR count). The van der Waals surface area contributed by atoms with Crippen LogP contribution in [0.15, 0.2) is 18.2 Å². The Hall–Kier alpha value is -2.15. The van der Waals surface area contributed by atoms with Crippen LogP contribution >= 0.6 is 0 Å². The molecule has 1 aliphatic rings. The van der Waals surface area contributed by atoms with Gasteiger partial charge in [0, 0.05) is 32.2 Å². The zero-order chi connectivity index (χ0) is 14.7. The Kier molecular flexibility index (Phi) is 4.19. The van der Waals surface area contributed by atoms with E-state index in [2.05, 4.69) is 0 Å². The molecule has 7 heteroatoms. The Labute approximate surface area is 116 Å². The van der Waals surface area contributed by atoms with Crippen LogP contribution in [0.4, 0.5) is 11.4 Å². The molecule has 0 aliphatic carbocycles. The van der Waals surface area contributed by atoms with Crippen molar-refractivity contribution in [1.82, 2.24) is 4.90 Å². The first-order chi connectivity index (χ1) is 9.54. The number of amides is 1. The highest BCUT2D eigenvalue weighted by atomic mass is 16.6. The number of anilines is 1. The number of rotatable bonds is 4. The van der Waals surface area contributed by atoms with Crippen molar-refractivity contribution in [2.45, 2.75) is 6.42 Å². The Morgan fingerprint density at radius 3 is 3.00 bits per heavy atom. The number of benzene rings is 1. The molecule has 0 radical (unpaired) electrons. The lowest BCUT2D eigenvalue weighted by atomic mass is 10.1. The molecule has 1 atom stereocenters. The molecule has 1 saturated heterocycles. The summed E-state index contributed by atoms with van der Waals surface area (Å²) in [6.07, 6.45) is 0.869. The van der Waals surface area contributed by atoms with E-state index in [9.17, 15) is 14.9 Å². The van der Waals surface area contributed by atoms with Gasteiger partial charge in [0.05, 0.1) is 17.1 Å². The normalized spacial score (nSPS) is 18.2. The van der Waals surface area contributed by atoms with Crippen LogP contribution in [0.1, 0.15) is 16.8 Å². The van der Waals surface area contributed by atoms with Crippen molar-refractivity contribution >= 4 is 17.3 Å². The molecule has 1 fully saturated rings. The van der Waals surface area contributed by atoms with Gasteiger partial charge in [-0.1, -0.05) is 6.07 Å². The van der Waals surface area contributed by atoms with Crippen LogP contribution in [0.25, 0.3) is 0 Å². The van der Waals surface area contributed by atoms with E-state index in [4.69, 9.17) is 10.5 Å². The molecule has 1 amide bonds. The molecule has 1 unspecified atom stereocenters. The van der Waals surface area contributed by atoms with E-state index in [-0.39, 0.29) is 22.8 Å². The zero-order valence-corrected chi connectivity index (χ0v) is 11.2. The standard InChI is InChI=1S/C13H17N3O4/c1-20-8-9-5-6-15(7-9)13(17)10-3-2-4-11(12(10)14)16(18)19/h2-4,9H,5-8,14H2,1H3. The van der Waals surface area contributed by atoms with E-state index in [1.165, 1.54) is 18.2 Å². The fourth-order valence-corrected chi connectivity index (χ4v) is 2.46. The molecular formula is C13H17N3O4. The number of nitrogens with zero attached hydrogens (tertiary/aromatic N) is 2. The number of hydrogen-bond donors (Lipinski definition) is 1. The van der Waals surface area contributed by atoms with Crippen molar-refractivity contribution in [3.8, 4) is 0 Å². The summed E-state index contributed by atoms with van der Waals surface area (Å²) in [6, 6.07) is 4.29. The number of likely N-dealkylation sites (tertiary alicyclic amines) is 1. The predicted molar refractivity (Wildman–Crippen MR) is 73.4 cm³/mol. The fraction of sp³-hybridized carbons (Fsp3) is 0.462. The number of nitro benzene ring substituents is 1. The molecule has 1 heterocycles. The van der Waals surface area contributed by atoms with Crippen LogP contribution in [0.3, 0.4) is 0 Å². The number of para-hydroxylation sites is 1. The van der Waals surface area contributed by atoms with E-state index in [1.54, 1.807) is 12.0 Å². The molecule has 1 aliphatic heterocycles. The van der Waals surface area contributed by atoms with Gasteiger partial charge >= 0.3 is 0 Å². The van der Waals surface area contributed by atoms with Crippen molar-refractivity contribution < 1.29 is 14.5 Å². The van der Waals surface area contributed by atoms with Gasteiger partial charge in [-0.3, -0.25) is 14.9 Å². The van der Waals surface area contributed by atoms with Gasteiger partial charge in [0.25, 0.3) is 11.6 Å². The number of nitrogen functional groups attached to an aromatic ring is 1. The molecule has 0 bridgehead atoms. The lowest BCUT2D eigenvalue weighted by Gasteiger charge is -2.17. The molecule has 2 N–H and O–H groups in total. The highest BCUT2D eigenvalue weighted by molar-refractivity contribution is 6.01. The van der Waals surface area contributed by atoms with E-state index in [0.717, 1.165) is 6.42 Å². The van der Waals surface area contributed by atoms with Gasteiger partial charge in [0.1, 0.15) is 5.69 Å². The summed E-state index contributed by atoms with van der Waals surface area (Å²) in [4.78, 5) is 24.3. The average Bonchev–Trinajstić information content (AvgIpc) is 2.87. The molecule has 7 nitrogen and oxygen atoms in total.